The van der Waals surface area contributed by atoms with Crippen molar-refractivity contribution in [3.8, 4) is 0 Å². The second-order valence-electron chi connectivity index (χ2n) is 4.42. The molecule has 1 aromatic carbocycles. The van der Waals surface area contributed by atoms with Gasteiger partial charge < -0.3 is 4.18 Å². The first-order chi connectivity index (χ1) is 9.47. The first-order valence-electron chi connectivity index (χ1n) is 6.00. The van der Waals surface area contributed by atoms with E-state index in [1.165, 1.54) is 0 Å². The summed E-state index contributed by atoms with van der Waals surface area (Å²) in [5, 5.41) is 4.24. The summed E-state index contributed by atoms with van der Waals surface area (Å²) in [6, 6.07) is 9.09. The molecule has 104 valence electrons. The van der Waals surface area contributed by atoms with Crippen molar-refractivity contribution in [1.29, 1.82) is 0 Å². The fourth-order valence-corrected chi connectivity index (χ4v) is 2.45. The average molecular weight is 306 g/mol. The summed E-state index contributed by atoms with van der Waals surface area (Å²) in [5.41, 5.74) is 3.37. The highest BCUT2D eigenvalue weighted by atomic mass is 32.2. The number of hydrogen-bond acceptors (Lipinski definition) is 5. The summed E-state index contributed by atoms with van der Waals surface area (Å²) in [6.07, 6.45) is 0. The number of aromatic nitrogens is 2. The van der Waals surface area contributed by atoms with Crippen LogP contribution < -0.4 is 0 Å². The van der Waals surface area contributed by atoms with Crippen LogP contribution >= 0.6 is 24.3 Å². The summed E-state index contributed by atoms with van der Waals surface area (Å²) in [7, 11) is 0. The van der Waals surface area contributed by atoms with Gasteiger partial charge in [0.2, 0.25) is 4.32 Å². The van der Waals surface area contributed by atoms with E-state index in [-0.39, 0.29) is 0 Å². The molecule has 2 rings (SSSR count). The molecule has 0 aliphatic heterocycles. The Morgan fingerprint density at radius 2 is 1.90 bits per heavy atom. The number of benzene rings is 1. The third-order valence-electron chi connectivity index (χ3n) is 2.66. The zero-order chi connectivity index (χ0) is 14.7. The maximum absolute atomic E-state index is 11.8. The van der Waals surface area contributed by atoms with E-state index in [1.807, 2.05) is 39.0 Å². The van der Waals surface area contributed by atoms with Crippen molar-refractivity contribution in [1.82, 2.24) is 9.78 Å². The summed E-state index contributed by atoms with van der Waals surface area (Å²) in [4.78, 5) is 11.8. The third-order valence-corrected chi connectivity index (χ3v) is 3.59. The lowest BCUT2D eigenvalue weighted by Gasteiger charge is -2.05. The minimum absolute atomic E-state index is 0.385. The molecule has 0 saturated heterocycles. The molecule has 0 unspecified atom stereocenters. The smallest absolute Gasteiger partial charge is 0.350 e. The predicted octanol–water partition coefficient (Wildman–Crippen LogP) is 3.45. The number of carbonyl (C=O) groups excluding carboxylic acids is 1. The average Bonchev–Trinajstić information content (AvgIpc) is 2.75. The molecule has 0 amide bonds. The number of carbonyl (C=O) groups is 1. The summed E-state index contributed by atoms with van der Waals surface area (Å²) < 4.78 is 7.09. The monoisotopic (exact) mass is 306 g/mol. The quantitative estimate of drug-likeness (QED) is 0.596. The van der Waals surface area contributed by atoms with Gasteiger partial charge in [0, 0.05) is 5.69 Å². The molecular weight excluding hydrogens is 292 g/mol. The minimum atomic E-state index is -0.418. The fourth-order valence-electron chi connectivity index (χ4n) is 1.66. The fraction of sp³-hybridized carbons (Fsp3) is 0.214. The Kier molecular flexibility index (Phi) is 4.57. The van der Waals surface area contributed by atoms with Crippen LogP contribution in [-0.2, 0) is 4.18 Å². The summed E-state index contributed by atoms with van der Waals surface area (Å²) in [5.74, 6) is -0.418. The molecule has 0 aliphatic rings. The van der Waals surface area contributed by atoms with Crippen LogP contribution in [0.1, 0.15) is 27.3 Å². The van der Waals surface area contributed by atoms with Crippen molar-refractivity contribution in [2.75, 3.05) is 0 Å². The van der Waals surface area contributed by atoms with Crippen LogP contribution in [0.4, 0.5) is 0 Å². The highest BCUT2D eigenvalue weighted by Crippen LogP contribution is 2.15. The minimum Gasteiger partial charge on any atom is -0.380 e. The zero-order valence-electron chi connectivity index (χ0n) is 11.4. The molecule has 4 nitrogen and oxygen atoms in total. The number of rotatable bonds is 1. The lowest BCUT2D eigenvalue weighted by atomic mass is 10.2. The van der Waals surface area contributed by atoms with Gasteiger partial charge in [-0.2, -0.15) is 5.10 Å². The van der Waals surface area contributed by atoms with Crippen LogP contribution in [0.5, 0.6) is 0 Å². The van der Waals surface area contributed by atoms with Crippen molar-refractivity contribution in [3.63, 3.8) is 0 Å². The predicted molar refractivity (Wildman–Crippen MR) is 83.9 cm³/mol. The van der Waals surface area contributed by atoms with Gasteiger partial charge in [0.1, 0.15) is 12.0 Å². The van der Waals surface area contributed by atoms with E-state index in [0.717, 1.165) is 29.0 Å². The van der Waals surface area contributed by atoms with E-state index in [9.17, 15) is 4.79 Å². The van der Waals surface area contributed by atoms with Gasteiger partial charge in [-0.05, 0) is 51.2 Å². The van der Waals surface area contributed by atoms with Gasteiger partial charge in [-0.3, -0.25) is 0 Å². The topological polar surface area (TPSA) is 44.1 Å². The van der Waals surface area contributed by atoms with E-state index < -0.39 is 5.97 Å². The highest BCUT2D eigenvalue weighted by Gasteiger charge is 2.13. The lowest BCUT2D eigenvalue weighted by molar-refractivity contribution is 0.0770. The van der Waals surface area contributed by atoms with Gasteiger partial charge in [0.05, 0.1) is 11.3 Å². The molecule has 2 aromatic rings. The highest BCUT2D eigenvalue weighted by molar-refractivity contribution is 8.20. The molecule has 0 radical (unpaired) electrons. The maximum Gasteiger partial charge on any atom is 0.350 e. The molecule has 1 aromatic heterocycles. The molecule has 6 heteroatoms. The van der Waals surface area contributed by atoms with Gasteiger partial charge in [-0.25, -0.2) is 9.48 Å². The van der Waals surface area contributed by atoms with Gasteiger partial charge in [0.15, 0.2) is 0 Å². The normalized spacial score (nSPS) is 10.3. The molecular formula is C14H14N2O2S2. The maximum atomic E-state index is 11.8. The molecule has 0 aliphatic carbocycles. The van der Waals surface area contributed by atoms with E-state index in [4.69, 9.17) is 16.4 Å². The zero-order valence-corrected chi connectivity index (χ0v) is 13.0. The van der Waals surface area contributed by atoms with Gasteiger partial charge in [0.25, 0.3) is 0 Å². The Morgan fingerprint density at radius 1 is 1.25 bits per heavy atom. The molecule has 1 heterocycles. The van der Waals surface area contributed by atoms with Crippen LogP contribution in [0.3, 0.4) is 0 Å². The van der Waals surface area contributed by atoms with Crippen molar-refractivity contribution < 1.29 is 8.98 Å². The largest absolute Gasteiger partial charge is 0.380 e. The Balaban J connectivity index is 1.98. The Labute approximate surface area is 127 Å². The third kappa shape index (κ3) is 3.46. The van der Waals surface area contributed by atoms with Gasteiger partial charge >= 0.3 is 5.97 Å². The van der Waals surface area contributed by atoms with Gasteiger partial charge in [-0.1, -0.05) is 17.7 Å². The summed E-state index contributed by atoms with van der Waals surface area (Å²) in [6.45, 7) is 5.74. The Bertz CT molecular complexity index is 648. The number of aryl methyl sites for hydroxylation is 3. The molecule has 0 N–H and O–H groups in total. The van der Waals surface area contributed by atoms with E-state index in [0.29, 0.717) is 9.88 Å². The first-order valence-corrected chi connectivity index (χ1v) is 7.15. The van der Waals surface area contributed by atoms with Crippen molar-refractivity contribution >= 4 is 34.6 Å². The molecule has 20 heavy (non-hydrogen) atoms. The van der Waals surface area contributed by atoms with E-state index >= 15 is 0 Å². The molecule has 0 bridgehead atoms. The molecule has 0 spiro atoms. The molecule has 0 atom stereocenters. The van der Waals surface area contributed by atoms with Crippen LogP contribution in [0.2, 0.25) is 0 Å². The van der Waals surface area contributed by atoms with Crippen LogP contribution in [0.15, 0.2) is 30.3 Å². The first kappa shape index (κ1) is 14.7. The SMILES string of the molecule is Cc1ccc(C(=O)OSC(=S)n2nc(C)cc2C)cc1. The van der Waals surface area contributed by atoms with Crippen LogP contribution in [0.25, 0.3) is 0 Å². The molecule has 0 fully saturated rings. The van der Waals surface area contributed by atoms with E-state index in [1.54, 1.807) is 16.8 Å². The van der Waals surface area contributed by atoms with Crippen LogP contribution in [-0.4, -0.2) is 20.1 Å². The van der Waals surface area contributed by atoms with E-state index in [2.05, 4.69) is 5.10 Å². The van der Waals surface area contributed by atoms with Crippen molar-refractivity contribution in [3.05, 3.63) is 52.8 Å². The van der Waals surface area contributed by atoms with Crippen molar-refractivity contribution in [2.45, 2.75) is 20.8 Å². The summed E-state index contributed by atoms with van der Waals surface area (Å²) >= 11 is 6.04. The number of thiocarbonyl (C=S) groups is 1. The van der Waals surface area contributed by atoms with Crippen LogP contribution in [0, 0.1) is 20.8 Å². The second kappa shape index (κ2) is 6.19. The second-order valence-corrected chi connectivity index (χ2v) is 5.79. The Hall–Kier alpha value is -1.66. The number of nitrogens with zero attached hydrogens (tertiary/aromatic N) is 2. The van der Waals surface area contributed by atoms with Gasteiger partial charge in [-0.15, -0.1) is 0 Å². The molecule has 0 saturated carbocycles. The number of hydrogen-bond donors (Lipinski definition) is 0. The lowest BCUT2D eigenvalue weighted by Crippen LogP contribution is -2.11. The Morgan fingerprint density at radius 3 is 2.45 bits per heavy atom. The van der Waals surface area contributed by atoms with Crippen molar-refractivity contribution in [2.24, 2.45) is 0 Å². The standard InChI is InChI=1S/C14H14N2O2S2/c1-9-4-6-12(7-5-9)13(17)18-20-14(19)16-11(3)8-10(2)15-16/h4-8H,1-3H3.